The highest BCUT2D eigenvalue weighted by Crippen LogP contribution is 2.33. The number of aromatic nitrogens is 1. The molecule has 98 valence electrons. The van der Waals surface area contributed by atoms with Gasteiger partial charge in [0.05, 0.1) is 0 Å². The Labute approximate surface area is 110 Å². The van der Waals surface area contributed by atoms with Crippen LogP contribution in [-0.2, 0) is 0 Å². The van der Waals surface area contributed by atoms with Crippen LogP contribution in [0.5, 0.6) is 0 Å². The number of pyridine rings is 1. The van der Waals surface area contributed by atoms with Crippen molar-refractivity contribution in [2.24, 2.45) is 0 Å². The number of nitrogens with zero attached hydrogens (tertiary/aromatic N) is 2. The Morgan fingerprint density at radius 1 is 1.22 bits per heavy atom. The van der Waals surface area contributed by atoms with E-state index in [0.717, 1.165) is 17.9 Å². The smallest absolute Gasteiger partial charge is 0.126 e. The maximum atomic E-state index is 4.46. The first-order valence-corrected chi connectivity index (χ1v) is 7.13. The monoisotopic (exact) mass is 245 g/mol. The van der Waals surface area contributed by atoms with E-state index < -0.39 is 0 Å². The van der Waals surface area contributed by atoms with Crippen molar-refractivity contribution < 1.29 is 0 Å². The van der Waals surface area contributed by atoms with Crippen LogP contribution in [0, 0.1) is 6.92 Å². The molecule has 0 saturated carbocycles. The third-order valence-corrected chi connectivity index (χ3v) is 4.60. The highest BCUT2D eigenvalue weighted by Gasteiger charge is 2.35. The summed E-state index contributed by atoms with van der Waals surface area (Å²) in [6.07, 6.45) is 8.62. The molecule has 2 atom stereocenters. The topological polar surface area (TPSA) is 28.2 Å². The zero-order valence-electron chi connectivity index (χ0n) is 11.4. The van der Waals surface area contributed by atoms with Gasteiger partial charge in [-0.1, -0.05) is 12.5 Å². The van der Waals surface area contributed by atoms with E-state index in [9.17, 15) is 0 Å². The Hall–Kier alpha value is -1.09. The lowest BCUT2D eigenvalue weighted by molar-refractivity contribution is 0.0608. The molecule has 0 aromatic carbocycles. The average Bonchev–Trinajstić information content (AvgIpc) is 2.33. The first kappa shape index (κ1) is 12.0. The van der Waals surface area contributed by atoms with Crippen LogP contribution in [0.2, 0.25) is 0 Å². The molecule has 3 rings (SSSR count). The fourth-order valence-corrected chi connectivity index (χ4v) is 3.50. The van der Waals surface area contributed by atoms with Crippen LogP contribution in [0.3, 0.4) is 0 Å². The van der Waals surface area contributed by atoms with Crippen LogP contribution in [0.1, 0.15) is 37.7 Å². The summed E-state index contributed by atoms with van der Waals surface area (Å²) in [6, 6.07) is 6.39. The second kappa shape index (κ2) is 4.88. The molecular formula is C15H23N3. The van der Waals surface area contributed by atoms with Gasteiger partial charge in [0.15, 0.2) is 0 Å². The molecule has 0 radical (unpaired) electrons. The minimum atomic E-state index is 0.603. The van der Waals surface area contributed by atoms with Crippen molar-refractivity contribution in [2.75, 3.05) is 12.4 Å². The maximum Gasteiger partial charge on any atom is 0.126 e. The Balaban J connectivity index is 1.66. The summed E-state index contributed by atoms with van der Waals surface area (Å²) in [6.45, 7) is 2.08. The van der Waals surface area contributed by atoms with Gasteiger partial charge in [0.25, 0.3) is 0 Å². The Bertz CT molecular complexity index is 387. The van der Waals surface area contributed by atoms with Crippen molar-refractivity contribution in [3.63, 3.8) is 0 Å². The Morgan fingerprint density at radius 2 is 1.94 bits per heavy atom. The molecule has 3 heterocycles. The molecule has 1 N–H and O–H groups in total. The molecule has 2 fully saturated rings. The van der Waals surface area contributed by atoms with Crippen molar-refractivity contribution in [1.29, 1.82) is 0 Å². The van der Waals surface area contributed by atoms with Crippen LogP contribution < -0.4 is 5.32 Å². The molecule has 2 saturated heterocycles. The highest BCUT2D eigenvalue weighted by molar-refractivity contribution is 5.36. The number of hydrogen-bond acceptors (Lipinski definition) is 3. The van der Waals surface area contributed by atoms with Crippen LogP contribution in [0.4, 0.5) is 5.82 Å². The summed E-state index contributed by atoms with van der Waals surface area (Å²) in [4.78, 5) is 7.06. The number of nitrogens with one attached hydrogen (secondary N) is 1. The fraction of sp³-hybridized carbons (Fsp3) is 0.667. The lowest BCUT2D eigenvalue weighted by Gasteiger charge is -2.47. The van der Waals surface area contributed by atoms with E-state index in [2.05, 4.69) is 41.3 Å². The number of rotatable bonds is 2. The average molecular weight is 245 g/mol. The maximum absolute atomic E-state index is 4.46. The van der Waals surface area contributed by atoms with Crippen molar-refractivity contribution in [3.8, 4) is 0 Å². The molecule has 3 heteroatoms. The van der Waals surface area contributed by atoms with Gasteiger partial charge in [-0.2, -0.15) is 0 Å². The third-order valence-electron chi connectivity index (χ3n) is 4.60. The van der Waals surface area contributed by atoms with Gasteiger partial charge < -0.3 is 10.2 Å². The van der Waals surface area contributed by atoms with Crippen LogP contribution in [0.25, 0.3) is 0 Å². The van der Waals surface area contributed by atoms with Gasteiger partial charge in [-0.05, 0) is 51.3 Å². The first-order chi connectivity index (χ1) is 8.72. The second-order valence-corrected chi connectivity index (χ2v) is 5.94. The molecule has 0 aliphatic carbocycles. The third kappa shape index (κ3) is 2.37. The zero-order valence-corrected chi connectivity index (χ0v) is 11.4. The fourth-order valence-electron chi connectivity index (χ4n) is 3.50. The molecule has 2 bridgehead atoms. The predicted octanol–water partition coefficient (Wildman–Crippen LogP) is 2.82. The van der Waals surface area contributed by atoms with Gasteiger partial charge in [0, 0.05) is 24.3 Å². The van der Waals surface area contributed by atoms with Crippen LogP contribution in [0.15, 0.2) is 18.3 Å². The minimum Gasteiger partial charge on any atom is -0.367 e. The summed E-state index contributed by atoms with van der Waals surface area (Å²) >= 11 is 0. The lowest BCUT2D eigenvalue weighted by Crippen LogP contribution is -2.52. The molecular weight excluding hydrogens is 222 g/mol. The zero-order chi connectivity index (χ0) is 12.5. The number of anilines is 1. The summed E-state index contributed by atoms with van der Waals surface area (Å²) < 4.78 is 0. The summed E-state index contributed by atoms with van der Waals surface area (Å²) in [5.74, 6) is 1.04. The Kier molecular flexibility index (Phi) is 3.25. The van der Waals surface area contributed by atoms with Crippen molar-refractivity contribution in [1.82, 2.24) is 9.88 Å². The minimum absolute atomic E-state index is 0.603. The van der Waals surface area contributed by atoms with E-state index in [-0.39, 0.29) is 0 Å². The van der Waals surface area contributed by atoms with Gasteiger partial charge in [-0.25, -0.2) is 4.98 Å². The van der Waals surface area contributed by atoms with E-state index in [1.165, 1.54) is 37.7 Å². The van der Waals surface area contributed by atoms with Crippen molar-refractivity contribution in [2.45, 2.75) is 57.2 Å². The molecule has 0 amide bonds. The Morgan fingerprint density at radius 3 is 2.56 bits per heavy atom. The molecule has 3 nitrogen and oxygen atoms in total. The van der Waals surface area contributed by atoms with E-state index in [1.807, 2.05) is 6.20 Å². The second-order valence-electron chi connectivity index (χ2n) is 5.94. The standard InChI is InChI=1S/C15H23N3/c1-11-6-7-15(16-10-11)17-12-8-13-4-3-5-14(9-12)18(13)2/h6-7,10,12-14H,3-5,8-9H2,1-2H3,(H,16,17). The van der Waals surface area contributed by atoms with Gasteiger partial charge in [0.2, 0.25) is 0 Å². The van der Waals surface area contributed by atoms with E-state index in [0.29, 0.717) is 6.04 Å². The van der Waals surface area contributed by atoms with E-state index in [4.69, 9.17) is 0 Å². The van der Waals surface area contributed by atoms with Gasteiger partial charge in [-0.3, -0.25) is 0 Å². The quantitative estimate of drug-likeness (QED) is 0.868. The number of piperidine rings is 2. The summed E-state index contributed by atoms with van der Waals surface area (Å²) in [7, 11) is 2.30. The molecule has 1 aromatic heterocycles. The summed E-state index contributed by atoms with van der Waals surface area (Å²) in [5, 5.41) is 3.62. The van der Waals surface area contributed by atoms with Crippen LogP contribution in [-0.4, -0.2) is 35.1 Å². The van der Waals surface area contributed by atoms with Crippen molar-refractivity contribution >= 4 is 5.82 Å². The predicted molar refractivity (Wildman–Crippen MR) is 74.8 cm³/mol. The SMILES string of the molecule is Cc1ccc(NC2CC3CCCC(C2)N3C)nc1. The van der Waals surface area contributed by atoms with Gasteiger partial charge in [0.1, 0.15) is 5.82 Å². The van der Waals surface area contributed by atoms with Crippen LogP contribution >= 0.6 is 0 Å². The summed E-state index contributed by atoms with van der Waals surface area (Å²) in [5.41, 5.74) is 1.22. The molecule has 2 aliphatic heterocycles. The molecule has 1 aromatic rings. The molecule has 0 spiro atoms. The first-order valence-electron chi connectivity index (χ1n) is 7.13. The normalized spacial score (nSPS) is 32.2. The largest absolute Gasteiger partial charge is 0.367 e. The lowest BCUT2D eigenvalue weighted by atomic mass is 9.82. The van der Waals surface area contributed by atoms with Gasteiger partial charge in [-0.15, -0.1) is 0 Å². The van der Waals surface area contributed by atoms with E-state index in [1.54, 1.807) is 0 Å². The highest BCUT2D eigenvalue weighted by atomic mass is 15.2. The molecule has 2 unspecified atom stereocenters. The number of aryl methyl sites for hydroxylation is 1. The molecule has 2 aliphatic rings. The number of hydrogen-bond donors (Lipinski definition) is 1. The van der Waals surface area contributed by atoms with Crippen molar-refractivity contribution in [3.05, 3.63) is 23.9 Å². The molecule has 18 heavy (non-hydrogen) atoms. The van der Waals surface area contributed by atoms with E-state index >= 15 is 0 Å². The van der Waals surface area contributed by atoms with Gasteiger partial charge >= 0.3 is 0 Å². The number of fused-ring (bicyclic) bond motifs is 2.